The van der Waals surface area contributed by atoms with E-state index in [-0.39, 0.29) is 15.8 Å². The standard InChI is InChI=1S/C13H17IN6O3S/c14-8-24(22,23)20-5-2-9(3-6-20)17-13(21)19-11-7-16-12-10(18-11)1-4-15-12/h1,4,7,9H,2-3,5-6,8H2,(H,15,16)(H2,17,18,19,21). The van der Waals surface area contributed by atoms with Gasteiger partial charge in [-0.25, -0.2) is 27.5 Å². The number of hydrogen-bond donors (Lipinski definition) is 3. The van der Waals surface area contributed by atoms with Crippen LogP contribution in [0, 0.1) is 0 Å². The number of urea groups is 1. The summed E-state index contributed by atoms with van der Waals surface area (Å²) in [5.74, 6) is 0.365. The van der Waals surface area contributed by atoms with Gasteiger partial charge < -0.3 is 10.3 Å². The number of hydrogen-bond acceptors (Lipinski definition) is 5. The van der Waals surface area contributed by atoms with Gasteiger partial charge in [0.2, 0.25) is 10.0 Å². The second kappa shape index (κ2) is 7.19. The van der Waals surface area contributed by atoms with E-state index in [0.717, 1.165) is 0 Å². The van der Waals surface area contributed by atoms with Gasteiger partial charge in [-0.1, -0.05) is 22.6 Å². The number of carbonyl (C=O) groups is 1. The van der Waals surface area contributed by atoms with E-state index in [4.69, 9.17) is 0 Å². The molecule has 24 heavy (non-hydrogen) atoms. The molecule has 3 N–H and O–H groups in total. The number of alkyl halides is 1. The molecule has 0 radical (unpaired) electrons. The van der Waals surface area contributed by atoms with E-state index in [2.05, 4.69) is 25.6 Å². The normalized spacial score (nSPS) is 17.0. The summed E-state index contributed by atoms with van der Waals surface area (Å²) in [5.41, 5.74) is 1.33. The molecule has 0 saturated carbocycles. The summed E-state index contributed by atoms with van der Waals surface area (Å²) >= 11 is 1.85. The first-order valence-electron chi connectivity index (χ1n) is 7.39. The molecular formula is C13H17IN6O3S. The van der Waals surface area contributed by atoms with Gasteiger partial charge >= 0.3 is 6.03 Å². The molecule has 2 aromatic rings. The number of halogens is 1. The SMILES string of the molecule is O=C(Nc1cnc2[nH]ccc2n1)NC1CCN(S(=O)(=O)CI)CC1. The molecule has 1 saturated heterocycles. The van der Waals surface area contributed by atoms with Crippen LogP contribution in [-0.2, 0) is 10.0 Å². The van der Waals surface area contributed by atoms with Crippen molar-refractivity contribution in [3.8, 4) is 0 Å². The molecule has 130 valence electrons. The Hall–Kier alpha value is -1.47. The van der Waals surface area contributed by atoms with E-state index >= 15 is 0 Å². The van der Waals surface area contributed by atoms with Gasteiger partial charge in [-0.15, -0.1) is 0 Å². The number of H-pyrrole nitrogens is 1. The quantitative estimate of drug-likeness (QED) is 0.465. The molecule has 1 fully saturated rings. The van der Waals surface area contributed by atoms with Crippen LogP contribution in [0.4, 0.5) is 10.6 Å². The van der Waals surface area contributed by atoms with E-state index in [1.54, 1.807) is 12.3 Å². The number of aromatic amines is 1. The first-order chi connectivity index (χ1) is 11.5. The van der Waals surface area contributed by atoms with Gasteiger partial charge in [0.25, 0.3) is 0 Å². The summed E-state index contributed by atoms with van der Waals surface area (Å²) in [4.78, 5) is 23.4. The zero-order chi connectivity index (χ0) is 17.2. The van der Waals surface area contributed by atoms with Crippen LogP contribution in [0.2, 0.25) is 0 Å². The summed E-state index contributed by atoms with van der Waals surface area (Å²) in [6.45, 7) is 0.844. The number of amides is 2. The van der Waals surface area contributed by atoms with Crippen molar-refractivity contribution in [2.75, 3.05) is 22.2 Å². The predicted octanol–water partition coefficient (Wildman–Crippen LogP) is 1.27. The number of nitrogens with zero attached hydrogens (tertiary/aromatic N) is 3. The maximum absolute atomic E-state index is 12.1. The lowest BCUT2D eigenvalue weighted by atomic mass is 10.1. The molecule has 1 aliphatic heterocycles. The molecule has 0 aliphatic carbocycles. The number of nitrogens with one attached hydrogen (secondary N) is 3. The Labute approximate surface area is 152 Å². The molecule has 0 unspecified atom stereocenters. The first-order valence-corrected chi connectivity index (χ1v) is 10.5. The molecule has 2 amide bonds. The minimum absolute atomic E-state index is 0.0605. The van der Waals surface area contributed by atoms with Crippen LogP contribution in [0.1, 0.15) is 12.8 Å². The van der Waals surface area contributed by atoms with Crippen molar-refractivity contribution < 1.29 is 13.2 Å². The van der Waals surface area contributed by atoms with E-state index < -0.39 is 10.0 Å². The Morgan fingerprint density at radius 3 is 2.88 bits per heavy atom. The van der Waals surface area contributed by atoms with Gasteiger partial charge in [0.15, 0.2) is 11.5 Å². The van der Waals surface area contributed by atoms with Crippen LogP contribution in [0.3, 0.4) is 0 Å². The molecule has 2 aromatic heterocycles. The lowest BCUT2D eigenvalue weighted by Gasteiger charge is -2.31. The van der Waals surface area contributed by atoms with Gasteiger partial charge in [0.1, 0.15) is 9.28 Å². The van der Waals surface area contributed by atoms with Crippen molar-refractivity contribution in [3.05, 3.63) is 18.5 Å². The third kappa shape index (κ3) is 3.95. The Bertz CT molecular complexity index is 831. The zero-order valence-corrected chi connectivity index (χ0v) is 15.7. The number of anilines is 1. The molecule has 11 heteroatoms. The number of fused-ring (bicyclic) bond motifs is 1. The highest BCUT2D eigenvalue weighted by Crippen LogP contribution is 2.16. The monoisotopic (exact) mass is 464 g/mol. The van der Waals surface area contributed by atoms with Crippen LogP contribution < -0.4 is 10.6 Å². The van der Waals surface area contributed by atoms with Gasteiger partial charge in [-0.05, 0) is 18.9 Å². The fraction of sp³-hybridized carbons (Fsp3) is 0.462. The summed E-state index contributed by atoms with van der Waals surface area (Å²) in [6, 6.07) is 1.35. The fourth-order valence-electron chi connectivity index (χ4n) is 2.58. The van der Waals surface area contributed by atoms with Crippen LogP contribution in [0.5, 0.6) is 0 Å². The smallest absolute Gasteiger partial charge is 0.320 e. The summed E-state index contributed by atoms with van der Waals surface area (Å²) in [5, 5.41) is 5.50. The van der Waals surface area contributed by atoms with Crippen molar-refractivity contribution in [1.82, 2.24) is 24.6 Å². The minimum atomic E-state index is -3.17. The van der Waals surface area contributed by atoms with Crippen molar-refractivity contribution >= 4 is 55.6 Å². The van der Waals surface area contributed by atoms with Crippen molar-refractivity contribution in [1.29, 1.82) is 0 Å². The maximum atomic E-state index is 12.1. The fourth-order valence-corrected chi connectivity index (χ4v) is 4.66. The molecule has 0 bridgehead atoms. The lowest BCUT2D eigenvalue weighted by Crippen LogP contribution is -2.47. The van der Waals surface area contributed by atoms with E-state index in [0.29, 0.717) is 42.9 Å². The van der Waals surface area contributed by atoms with Gasteiger partial charge in [0.05, 0.1) is 6.20 Å². The Kier molecular flexibility index (Phi) is 5.20. The highest BCUT2D eigenvalue weighted by molar-refractivity contribution is 14.1. The van der Waals surface area contributed by atoms with Gasteiger partial charge in [-0.2, -0.15) is 0 Å². The van der Waals surface area contributed by atoms with E-state index in [1.807, 2.05) is 22.6 Å². The van der Waals surface area contributed by atoms with Gasteiger partial charge in [-0.3, -0.25) is 5.32 Å². The van der Waals surface area contributed by atoms with Crippen LogP contribution in [0.15, 0.2) is 18.5 Å². The van der Waals surface area contributed by atoms with Crippen LogP contribution in [-0.4, -0.2) is 56.6 Å². The topological polar surface area (TPSA) is 120 Å². The molecule has 1 aliphatic rings. The third-order valence-corrected chi connectivity index (χ3v) is 7.61. The first kappa shape index (κ1) is 17.4. The number of carbonyl (C=O) groups excluding carboxylic acids is 1. The Morgan fingerprint density at radius 2 is 2.17 bits per heavy atom. The highest BCUT2D eigenvalue weighted by atomic mass is 127. The van der Waals surface area contributed by atoms with Crippen LogP contribution in [0.25, 0.3) is 11.2 Å². The molecule has 0 aromatic carbocycles. The zero-order valence-electron chi connectivity index (χ0n) is 12.7. The number of piperidine rings is 1. The van der Waals surface area contributed by atoms with Crippen LogP contribution >= 0.6 is 22.6 Å². The number of aromatic nitrogens is 3. The summed E-state index contributed by atoms with van der Waals surface area (Å²) in [6.07, 6.45) is 4.39. The van der Waals surface area contributed by atoms with Crippen molar-refractivity contribution in [2.45, 2.75) is 18.9 Å². The van der Waals surface area contributed by atoms with E-state index in [9.17, 15) is 13.2 Å². The maximum Gasteiger partial charge on any atom is 0.320 e. The second-order valence-corrected chi connectivity index (χ2v) is 9.23. The average Bonchev–Trinajstić information content (AvgIpc) is 3.03. The summed E-state index contributed by atoms with van der Waals surface area (Å²) < 4.78 is 25.2. The Morgan fingerprint density at radius 1 is 1.42 bits per heavy atom. The van der Waals surface area contributed by atoms with Gasteiger partial charge in [0, 0.05) is 25.3 Å². The predicted molar refractivity (Wildman–Crippen MR) is 98.4 cm³/mol. The molecular weight excluding hydrogens is 447 g/mol. The third-order valence-electron chi connectivity index (χ3n) is 3.82. The molecule has 0 atom stereocenters. The highest BCUT2D eigenvalue weighted by Gasteiger charge is 2.27. The second-order valence-electron chi connectivity index (χ2n) is 5.46. The van der Waals surface area contributed by atoms with Crippen molar-refractivity contribution in [2.24, 2.45) is 0 Å². The summed E-state index contributed by atoms with van der Waals surface area (Å²) in [7, 11) is -3.17. The molecule has 3 heterocycles. The number of rotatable bonds is 4. The lowest BCUT2D eigenvalue weighted by molar-refractivity contribution is 0.238. The molecule has 3 rings (SSSR count). The minimum Gasteiger partial charge on any atom is -0.345 e. The molecule has 0 spiro atoms. The average molecular weight is 464 g/mol. The number of sulfonamides is 1. The molecule has 9 nitrogen and oxygen atoms in total. The van der Waals surface area contributed by atoms with Crippen molar-refractivity contribution in [3.63, 3.8) is 0 Å². The largest absolute Gasteiger partial charge is 0.345 e. The van der Waals surface area contributed by atoms with E-state index in [1.165, 1.54) is 10.5 Å². The Balaban J connectivity index is 1.52.